The number of anilines is 1. The molecule has 35 heavy (non-hydrogen) atoms. The molecular weight excluding hydrogens is 476 g/mol. The lowest BCUT2D eigenvalue weighted by atomic mass is 9.78. The number of para-hydroxylation sites is 1. The number of likely N-dealkylation sites (tertiary alicyclic amines) is 2. The molecule has 3 aliphatic heterocycles. The molecule has 3 heterocycles. The van der Waals surface area contributed by atoms with Crippen molar-refractivity contribution < 1.29 is 35.9 Å². The Hall–Kier alpha value is -2.17. The normalized spacial score (nSPS) is 21.0. The maximum Gasteiger partial charge on any atom is 0.434 e. The van der Waals surface area contributed by atoms with Crippen LogP contribution in [0.4, 0.5) is 36.8 Å². The predicted molar refractivity (Wildman–Crippen MR) is 118 cm³/mol. The molecule has 0 saturated carbocycles. The first-order chi connectivity index (χ1) is 16.4. The Kier molecular flexibility index (Phi) is 7.19. The van der Waals surface area contributed by atoms with Crippen LogP contribution in [0, 0.1) is 5.41 Å². The smallest absolute Gasteiger partial charge is 0.426 e. The van der Waals surface area contributed by atoms with Crippen molar-refractivity contribution in [3.63, 3.8) is 0 Å². The monoisotopic (exact) mass is 507 g/mol. The van der Waals surface area contributed by atoms with Crippen LogP contribution >= 0.6 is 0 Å². The summed E-state index contributed by atoms with van der Waals surface area (Å²) >= 11 is 0. The number of hydrogen-bond donors (Lipinski definition) is 0. The van der Waals surface area contributed by atoms with E-state index in [1.54, 1.807) is 0 Å². The summed E-state index contributed by atoms with van der Waals surface area (Å²) < 4.78 is 80.3. The van der Waals surface area contributed by atoms with Crippen LogP contribution in [0.1, 0.15) is 43.7 Å². The minimum absolute atomic E-state index is 0.0828. The molecule has 2 saturated heterocycles. The topological polar surface area (TPSA) is 36.0 Å². The van der Waals surface area contributed by atoms with Gasteiger partial charge in [-0.05, 0) is 62.1 Å². The number of rotatable bonds is 4. The van der Waals surface area contributed by atoms with Crippen molar-refractivity contribution in [1.82, 2.24) is 9.80 Å². The minimum atomic E-state index is -5.71. The lowest BCUT2D eigenvalue weighted by Crippen LogP contribution is -2.50. The van der Waals surface area contributed by atoms with Gasteiger partial charge in [-0.3, -0.25) is 4.90 Å². The Morgan fingerprint density at radius 2 is 1.69 bits per heavy atom. The average molecular weight is 508 g/mol. The number of benzene rings is 1. The number of hydrogen-bond acceptors (Lipinski definition) is 4. The Bertz CT molecular complexity index is 898. The van der Waals surface area contributed by atoms with Crippen LogP contribution in [0.15, 0.2) is 18.2 Å². The van der Waals surface area contributed by atoms with Crippen LogP contribution in [-0.2, 0) is 17.7 Å². The Morgan fingerprint density at radius 3 is 2.31 bits per heavy atom. The summed E-state index contributed by atoms with van der Waals surface area (Å²) in [5.74, 6) is 0. The minimum Gasteiger partial charge on any atom is -0.426 e. The van der Waals surface area contributed by atoms with E-state index in [-0.39, 0.29) is 18.5 Å². The van der Waals surface area contributed by atoms with Gasteiger partial charge in [0, 0.05) is 45.0 Å². The van der Waals surface area contributed by atoms with E-state index in [0.29, 0.717) is 12.8 Å². The second-order valence-electron chi connectivity index (χ2n) is 9.90. The number of fused-ring (bicyclic) bond motifs is 1. The quantitative estimate of drug-likeness (QED) is 0.513. The van der Waals surface area contributed by atoms with Crippen molar-refractivity contribution in [1.29, 1.82) is 0 Å². The van der Waals surface area contributed by atoms with E-state index in [0.717, 1.165) is 56.9 Å². The van der Waals surface area contributed by atoms with Gasteiger partial charge in [-0.25, -0.2) is 4.79 Å². The highest BCUT2D eigenvalue weighted by Crippen LogP contribution is 2.42. The first-order valence-corrected chi connectivity index (χ1v) is 12.1. The molecule has 1 aromatic carbocycles. The predicted octanol–water partition coefficient (Wildman–Crippen LogP) is 5.38. The lowest BCUT2D eigenvalue weighted by Gasteiger charge is -2.39. The lowest BCUT2D eigenvalue weighted by molar-refractivity contribution is -0.308. The van der Waals surface area contributed by atoms with Gasteiger partial charge in [-0.2, -0.15) is 26.3 Å². The van der Waals surface area contributed by atoms with Crippen molar-refractivity contribution in [2.75, 3.05) is 44.2 Å². The van der Waals surface area contributed by atoms with Crippen LogP contribution < -0.4 is 4.90 Å². The van der Waals surface area contributed by atoms with Gasteiger partial charge in [0.2, 0.25) is 0 Å². The maximum atomic E-state index is 12.7. The zero-order valence-electron chi connectivity index (χ0n) is 19.7. The number of nitrogens with zero attached hydrogens (tertiary/aromatic N) is 3. The Morgan fingerprint density at radius 1 is 1.03 bits per heavy atom. The molecule has 1 amide bonds. The second-order valence-corrected chi connectivity index (χ2v) is 9.90. The van der Waals surface area contributed by atoms with E-state index in [4.69, 9.17) is 0 Å². The van der Waals surface area contributed by atoms with Crippen molar-refractivity contribution in [2.24, 2.45) is 5.41 Å². The fourth-order valence-electron chi connectivity index (χ4n) is 5.74. The third kappa shape index (κ3) is 5.65. The molecule has 0 bridgehead atoms. The molecule has 0 unspecified atom stereocenters. The summed E-state index contributed by atoms with van der Waals surface area (Å²) in [4.78, 5) is 17.8. The zero-order chi connectivity index (χ0) is 25.4. The van der Waals surface area contributed by atoms with E-state index in [1.165, 1.54) is 16.8 Å². The molecule has 5 nitrogen and oxygen atoms in total. The number of halogens is 6. The largest absolute Gasteiger partial charge is 0.434 e. The molecule has 0 atom stereocenters. The van der Waals surface area contributed by atoms with Crippen molar-refractivity contribution >= 4 is 11.8 Å². The van der Waals surface area contributed by atoms with Crippen LogP contribution in [0.25, 0.3) is 0 Å². The third-order valence-electron chi connectivity index (χ3n) is 7.58. The Balaban J connectivity index is 1.35. The highest BCUT2D eigenvalue weighted by atomic mass is 19.4. The van der Waals surface area contributed by atoms with Crippen LogP contribution in [0.2, 0.25) is 0 Å². The summed E-state index contributed by atoms with van der Waals surface area (Å²) in [6.45, 7) is 6.76. The molecule has 0 aliphatic carbocycles. The standard InChI is InChI=1S/C24H31F6N3O2/c1-2-32-11-4-7-17-5-3-6-18(19(17)32)15-31-12-8-22(16-31)9-13-33(14-10-22)21(34)35-20(23(25,26)27)24(28,29)30/h3,5-6,20H,2,4,7-16H2,1H3. The molecular formula is C24H31F6N3O2. The van der Waals surface area contributed by atoms with E-state index in [9.17, 15) is 31.1 Å². The van der Waals surface area contributed by atoms with E-state index in [2.05, 4.69) is 39.7 Å². The summed E-state index contributed by atoms with van der Waals surface area (Å²) in [6, 6.07) is 6.44. The summed E-state index contributed by atoms with van der Waals surface area (Å²) in [5.41, 5.74) is 3.88. The molecule has 4 rings (SSSR count). The average Bonchev–Trinajstić information content (AvgIpc) is 3.17. The molecule has 1 aromatic rings. The summed E-state index contributed by atoms with van der Waals surface area (Å²) in [6.07, 6.45) is -12.9. The van der Waals surface area contributed by atoms with Crippen molar-refractivity contribution in [3.8, 4) is 0 Å². The van der Waals surface area contributed by atoms with Crippen LogP contribution in [0.3, 0.4) is 0 Å². The fraction of sp³-hybridized carbons (Fsp3) is 0.708. The number of aryl methyl sites for hydroxylation is 1. The molecule has 0 radical (unpaired) electrons. The van der Waals surface area contributed by atoms with Gasteiger partial charge in [0.15, 0.2) is 0 Å². The molecule has 1 spiro atoms. The molecule has 3 aliphatic rings. The number of piperidine rings is 1. The second kappa shape index (κ2) is 9.71. The van der Waals surface area contributed by atoms with Crippen molar-refractivity contribution in [3.05, 3.63) is 29.3 Å². The molecule has 11 heteroatoms. The third-order valence-corrected chi connectivity index (χ3v) is 7.58. The molecule has 0 N–H and O–H groups in total. The van der Waals surface area contributed by atoms with E-state index < -0.39 is 24.5 Å². The van der Waals surface area contributed by atoms with Gasteiger partial charge in [-0.15, -0.1) is 0 Å². The number of amides is 1. The number of carbonyl (C=O) groups excluding carboxylic acids is 1. The number of alkyl halides is 6. The number of carbonyl (C=O) groups is 1. The van der Waals surface area contributed by atoms with Crippen LogP contribution in [0.5, 0.6) is 0 Å². The zero-order valence-corrected chi connectivity index (χ0v) is 19.7. The van der Waals surface area contributed by atoms with E-state index >= 15 is 0 Å². The SMILES string of the molecule is CCN1CCCc2cccc(CN3CCC4(CCN(C(=O)OC(C(F)(F)F)C(F)(F)F)CC4)C3)c21. The van der Waals surface area contributed by atoms with Gasteiger partial charge in [-0.1, -0.05) is 18.2 Å². The first-order valence-electron chi connectivity index (χ1n) is 12.1. The van der Waals surface area contributed by atoms with Gasteiger partial charge in [0.1, 0.15) is 0 Å². The number of ether oxygens (including phenoxy) is 1. The van der Waals surface area contributed by atoms with E-state index in [1.807, 2.05) is 0 Å². The maximum absolute atomic E-state index is 12.7. The molecule has 0 aromatic heterocycles. The van der Waals surface area contributed by atoms with Gasteiger partial charge < -0.3 is 14.5 Å². The fourth-order valence-corrected chi connectivity index (χ4v) is 5.74. The summed E-state index contributed by atoms with van der Waals surface area (Å²) in [5, 5.41) is 0. The van der Waals surface area contributed by atoms with Crippen LogP contribution in [-0.4, -0.2) is 73.6 Å². The molecule has 196 valence electrons. The Labute approximate surface area is 201 Å². The molecule has 2 fully saturated rings. The highest BCUT2D eigenvalue weighted by molar-refractivity contribution is 5.68. The van der Waals surface area contributed by atoms with Crippen molar-refractivity contribution in [2.45, 2.75) is 64.0 Å². The van der Waals surface area contributed by atoms with Gasteiger partial charge in [0.25, 0.3) is 6.10 Å². The van der Waals surface area contributed by atoms with Gasteiger partial charge in [0.05, 0.1) is 0 Å². The summed E-state index contributed by atoms with van der Waals surface area (Å²) in [7, 11) is 0. The van der Waals surface area contributed by atoms with Gasteiger partial charge >= 0.3 is 18.4 Å². The highest BCUT2D eigenvalue weighted by Gasteiger charge is 2.60. The first kappa shape index (κ1) is 25.9.